The number of aromatic carboxylic acids is 2. The third-order valence-electron chi connectivity index (χ3n) is 1.09. The third-order valence-corrected chi connectivity index (χ3v) is 1.09. The van der Waals surface area contributed by atoms with Crippen LogP contribution in [-0.4, -0.2) is 22.2 Å². The van der Waals surface area contributed by atoms with Crippen LogP contribution >= 0.6 is 0 Å². The van der Waals surface area contributed by atoms with Crippen LogP contribution in [0.25, 0.3) is 0 Å². The molecule has 1 aromatic heterocycles. The summed E-state index contributed by atoms with van der Waals surface area (Å²) in [6, 6.07) is 1.09. The normalized spacial score (nSPS) is 8.67. The Hall–Kier alpha value is -1.16. The molecule has 0 saturated carbocycles. The van der Waals surface area contributed by atoms with Crippen molar-refractivity contribution in [2.75, 3.05) is 0 Å². The van der Waals surface area contributed by atoms with Gasteiger partial charge >= 0.3 is 11.9 Å². The van der Waals surface area contributed by atoms with E-state index in [-0.39, 0.29) is 25.0 Å². The van der Waals surface area contributed by atoms with E-state index >= 15 is 0 Å². The predicted molar refractivity (Wildman–Crippen MR) is 32.6 cm³/mol. The molecule has 0 atom stereocenters. The largest absolute Gasteiger partial charge is 0.478 e. The maximum atomic E-state index is 10.3. The zero-order valence-corrected chi connectivity index (χ0v) is 8.95. The molecule has 0 aliphatic rings. The molecule has 0 aliphatic carbocycles. The van der Waals surface area contributed by atoms with Gasteiger partial charge in [-0.1, -0.05) is 0 Å². The van der Waals surface area contributed by atoms with E-state index in [1.807, 2.05) is 0 Å². The second kappa shape index (κ2) is 4.02. The molecule has 1 aromatic rings. The van der Waals surface area contributed by atoms with Gasteiger partial charge in [0.05, 0.1) is 6.26 Å². The molecule has 0 spiro atoms. The van der Waals surface area contributed by atoms with Gasteiger partial charge in [0.15, 0.2) is 0 Å². The minimum absolute atomic E-state index is 0. The minimum atomic E-state index is -1.38. The third kappa shape index (κ3) is 1.92. The van der Waals surface area contributed by atoms with E-state index in [0.717, 1.165) is 12.3 Å². The molecule has 2 N–H and O–H groups in total. The Morgan fingerprint density at radius 3 is 2.17 bits per heavy atom. The number of carboxylic acids is 2. The average molecular weight is 221 g/mol. The first-order valence-corrected chi connectivity index (χ1v) is 2.67. The van der Waals surface area contributed by atoms with E-state index in [1.54, 1.807) is 0 Å². The molecule has 0 saturated heterocycles. The summed E-state index contributed by atoms with van der Waals surface area (Å²) in [5, 5.41) is 16.7. The molecule has 0 unspecified atom stereocenters. The summed E-state index contributed by atoms with van der Waals surface area (Å²) in [6.45, 7) is 0. The van der Waals surface area contributed by atoms with Crippen molar-refractivity contribution in [1.82, 2.24) is 0 Å². The van der Waals surface area contributed by atoms with Crippen LogP contribution in [0.4, 0.5) is 0 Å². The van der Waals surface area contributed by atoms with E-state index in [2.05, 4.69) is 4.42 Å². The van der Waals surface area contributed by atoms with Crippen molar-refractivity contribution in [1.29, 1.82) is 0 Å². The number of carbonyl (C=O) groups is 2. The molecule has 6 heteroatoms. The average Bonchev–Trinajstić information content (AvgIpc) is 2.32. The molecule has 1 rings (SSSR count). The molecule has 0 radical (unpaired) electrons. The first kappa shape index (κ1) is 10.8. The molecule has 60 valence electrons. The van der Waals surface area contributed by atoms with Crippen LogP contribution in [0, 0.1) is 0 Å². The van der Waals surface area contributed by atoms with Crippen molar-refractivity contribution in [3.8, 4) is 0 Å². The molecule has 12 heavy (non-hydrogen) atoms. The van der Waals surface area contributed by atoms with Gasteiger partial charge in [0.25, 0.3) is 0 Å². The van der Waals surface area contributed by atoms with Crippen molar-refractivity contribution in [2.24, 2.45) is 0 Å². The SMILES string of the molecule is O=C(O)c1ccoc1C(=O)O.[Zn]. The molecular formula is C6H4O5Zn. The first-order valence-electron chi connectivity index (χ1n) is 2.67. The fraction of sp³-hybridized carbons (Fsp3) is 0. The van der Waals surface area contributed by atoms with E-state index in [9.17, 15) is 9.59 Å². The van der Waals surface area contributed by atoms with Crippen molar-refractivity contribution < 1.29 is 43.7 Å². The number of rotatable bonds is 2. The molecular weight excluding hydrogens is 217 g/mol. The molecule has 1 heterocycles. The Balaban J connectivity index is 0.00000121. The van der Waals surface area contributed by atoms with Gasteiger partial charge in [0.1, 0.15) is 5.56 Å². The van der Waals surface area contributed by atoms with E-state index in [4.69, 9.17) is 10.2 Å². The summed E-state index contributed by atoms with van der Waals surface area (Å²) in [5.74, 6) is -3.24. The van der Waals surface area contributed by atoms with Crippen LogP contribution in [-0.2, 0) is 19.5 Å². The molecule has 0 bridgehead atoms. The molecule has 0 fully saturated rings. The fourth-order valence-corrected chi connectivity index (χ4v) is 0.643. The zero-order valence-electron chi connectivity index (χ0n) is 5.98. The van der Waals surface area contributed by atoms with Crippen LogP contribution in [0.15, 0.2) is 16.7 Å². The van der Waals surface area contributed by atoms with Crippen LogP contribution in [0.3, 0.4) is 0 Å². The summed E-state index contributed by atoms with van der Waals surface area (Å²) in [6.07, 6.45) is 1.02. The Kier molecular flexibility index (Phi) is 3.63. The van der Waals surface area contributed by atoms with E-state index in [1.165, 1.54) is 0 Å². The van der Waals surface area contributed by atoms with Crippen molar-refractivity contribution in [2.45, 2.75) is 0 Å². The maximum absolute atomic E-state index is 10.3. The second-order valence-electron chi connectivity index (χ2n) is 1.77. The standard InChI is InChI=1S/C6H4O5.Zn/c7-5(8)3-1-2-11-4(3)6(9)10;/h1-2H,(H,7,8)(H,9,10);. The van der Waals surface area contributed by atoms with Gasteiger partial charge in [-0.3, -0.25) is 0 Å². The van der Waals surface area contributed by atoms with Gasteiger partial charge < -0.3 is 14.6 Å². The molecule has 0 amide bonds. The Labute approximate surface area is 79.8 Å². The summed E-state index contributed by atoms with van der Waals surface area (Å²) < 4.78 is 4.41. The maximum Gasteiger partial charge on any atom is 0.372 e. The Morgan fingerprint density at radius 1 is 1.25 bits per heavy atom. The van der Waals surface area contributed by atoms with Crippen molar-refractivity contribution >= 4 is 11.9 Å². The van der Waals surface area contributed by atoms with Crippen LogP contribution < -0.4 is 0 Å². The topological polar surface area (TPSA) is 87.7 Å². The summed E-state index contributed by atoms with van der Waals surface area (Å²) in [7, 11) is 0. The first-order chi connectivity index (χ1) is 5.13. The Morgan fingerprint density at radius 2 is 1.83 bits per heavy atom. The zero-order chi connectivity index (χ0) is 8.43. The summed E-state index contributed by atoms with van der Waals surface area (Å²) in [5.41, 5.74) is -0.336. The van der Waals surface area contributed by atoms with Crippen LogP contribution in [0.1, 0.15) is 20.9 Å². The van der Waals surface area contributed by atoms with Crippen molar-refractivity contribution in [3.05, 3.63) is 23.7 Å². The number of hydrogen-bond acceptors (Lipinski definition) is 3. The quantitative estimate of drug-likeness (QED) is 0.717. The van der Waals surface area contributed by atoms with Gasteiger partial charge in [-0.05, 0) is 6.07 Å². The predicted octanol–water partition coefficient (Wildman–Crippen LogP) is 0.673. The van der Waals surface area contributed by atoms with Gasteiger partial charge in [0.2, 0.25) is 5.76 Å². The molecule has 5 nitrogen and oxygen atoms in total. The number of carboxylic acid groups (broad SMARTS) is 2. The summed E-state index contributed by atoms with van der Waals surface area (Å²) in [4.78, 5) is 20.5. The molecule has 0 aliphatic heterocycles. The Bertz CT molecular complexity index is 274. The monoisotopic (exact) mass is 220 g/mol. The van der Waals surface area contributed by atoms with Gasteiger partial charge in [-0.25, -0.2) is 9.59 Å². The molecule has 0 aromatic carbocycles. The summed E-state index contributed by atoms with van der Waals surface area (Å²) >= 11 is 0. The van der Waals surface area contributed by atoms with E-state index in [0.29, 0.717) is 0 Å². The van der Waals surface area contributed by atoms with Crippen LogP contribution in [0.2, 0.25) is 0 Å². The fourth-order valence-electron chi connectivity index (χ4n) is 0.643. The number of furan rings is 1. The van der Waals surface area contributed by atoms with Crippen molar-refractivity contribution in [3.63, 3.8) is 0 Å². The van der Waals surface area contributed by atoms with Gasteiger partial charge in [-0.15, -0.1) is 0 Å². The van der Waals surface area contributed by atoms with Crippen LogP contribution in [0.5, 0.6) is 0 Å². The number of hydrogen-bond donors (Lipinski definition) is 2. The van der Waals surface area contributed by atoms with Gasteiger partial charge in [-0.2, -0.15) is 0 Å². The smallest absolute Gasteiger partial charge is 0.372 e. The van der Waals surface area contributed by atoms with E-state index < -0.39 is 17.7 Å². The van der Waals surface area contributed by atoms with Gasteiger partial charge in [0, 0.05) is 19.5 Å². The second-order valence-corrected chi connectivity index (χ2v) is 1.77. The minimum Gasteiger partial charge on any atom is -0.478 e.